The largest absolute Gasteiger partial charge is 0.341 e. The molecule has 4 aliphatic rings. The lowest BCUT2D eigenvalue weighted by Gasteiger charge is -2.31. The van der Waals surface area contributed by atoms with E-state index in [1.54, 1.807) is 0 Å². The number of allylic oxidation sites excluding steroid dienone is 2. The number of likely N-dealkylation sites (tertiary alicyclic amines) is 2. The van der Waals surface area contributed by atoms with E-state index in [-0.39, 0.29) is 47.9 Å². The summed E-state index contributed by atoms with van der Waals surface area (Å²) in [6, 6.07) is 0. The van der Waals surface area contributed by atoms with E-state index in [0.717, 1.165) is 32.4 Å². The molecule has 0 spiro atoms. The highest BCUT2D eigenvalue weighted by Gasteiger charge is 2.59. The van der Waals surface area contributed by atoms with Crippen LogP contribution in [0.1, 0.15) is 26.2 Å². The minimum absolute atomic E-state index is 0.0571. The van der Waals surface area contributed by atoms with E-state index in [0.29, 0.717) is 5.92 Å². The fraction of sp³-hybridized carbons (Fsp3) is 0.706. The Morgan fingerprint density at radius 2 is 1.64 bits per heavy atom. The molecule has 0 N–H and O–H groups in total. The molecule has 5 nitrogen and oxygen atoms in total. The highest BCUT2D eigenvalue weighted by molar-refractivity contribution is 6.08. The molecule has 2 heterocycles. The maximum Gasteiger partial charge on any atom is 0.242 e. The van der Waals surface area contributed by atoms with E-state index in [1.165, 1.54) is 4.90 Å². The van der Waals surface area contributed by atoms with Crippen LogP contribution < -0.4 is 0 Å². The molecular weight excluding hydrogens is 280 g/mol. The van der Waals surface area contributed by atoms with Crippen molar-refractivity contribution in [2.75, 3.05) is 19.6 Å². The summed E-state index contributed by atoms with van der Waals surface area (Å²) in [6.07, 6.45) is 7.10. The average molecular weight is 302 g/mol. The lowest BCUT2D eigenvalue weighted by molar-refractivity contribution is -0.147. The summed E-state index contributed by atoms with van der Waals surface area (Å²) in [6.45, 7) is 3.63. The van der Waals surface area contributed by atoms with Gasteiger partial charge in [0.05, 0.1) is 11.8 Å². The van der Waals surface area contributed by atoms with Crippen LogP contribution in [0.5, 0.6) is 0 Å². The Kier molecular flexibility index (Phi) is 3.13. The molecule has 22 heavy (non-hydrogen) atoms. The second kappa shape index (κ2) is 4.93. The first-order valence-corrected chi connectivity index (χ1v) is 8.37. The predicted octanol–water partition coefficient (Wildman–Crippen LogP) is 1.05. The molecule has 2 bridgehead atoms. The molecule has 118 valence electrons. The van der Waals surface area contributed by atoms with Gasteiger partial charge in [0.1, 0.15) is 6.54 Å². The van der Waals surface area contributed by atoms with Crippen LogP contribution in [0, 0.1) is 29.6 Å². The number of fused-ring (bicyclic) bond motifs is 5. The molecule has 3 fully saturated rings. The van der Waals surface area contributed by atoms with Crippen LogP contribution in [-0.4, -0.2) is 47.2 Å². The standard InChI is InChI=1S/C17H22N2O3/c1-10-4-6-18(7-5-10)13(20)9-19-16(21)14-11-2-3-12(8-11)15(14)17(19)22/h2-3,10-12,14-15H,4-9H2,1H3/t11-,12-,14+,15+/m0/s1. The van der Waals surface area contributed by atoms with Crippen molar-refractivity contribution in [2.45, 2.75) is 26.2 Å². The van der Waals surface area contributed by atoms with Crippen molar-refractivity contribution < 1.29 is 14.4 Å². The number of hydrogen-bond donors (Lipinski definition) is 0. The van der Waals surface area contributed by atoms with Crippen molar-refractivity contribution in [1.29, 1.82) is 0 Å². The Morgan fingerprint density at radius 1 is 1.09 bits per heavy atom. The monoisotopic (exact) mass is 302 g/mol. The van der Waals surface area contributed by atoms with Gasteiger partial charge in [-0.05, 0) is 37.0 Å². The van der Waals surface area contributed by atoms with E-state index in [9.17, 15) is 14.4 Å². The van der Waals surface area contributed by atoms with Gasteiger partial charge in [0, 0.05) is 13.1 Å². The highest BCUT2D eigenvalue weighted by atomic mass is 16.2. The molecule has 0 radical (unpaired) electrons. The zero-order chi connectivity index (χ0) is 15.4. The number of amides is 3. The Hall–Kier alpha value is -1.65. The van der Waals surface area contributed by atoms with Gasteiger partial charge in [-0.1, -0.05) is 19.1 Å². The van der Waals surface area contributed by atoms with Crippen LogP contribution in [0.3, 0.4) is 0 Å². The first kappa shape index (κ1) is 14.0. The molecule has 0 aromatic heterocycles. The minimum Gasteiger partial charge on any atom is -0.341 e. The number of rotatable bonds is 2. The fourth-order valence-corrected chi connectivity index (χ4v) is 4.61. The number of hydrogen-bond acceptors (Lipinski definition) is 3. The molecule has 1 saturated carbocycles. The van der Waals surface area contributed by atoms with Crippen LogP contribution in [0.2, 0.25) is 0 Å². The molecule has 2 saturated heterocycles. The molecule has 2 aliphatic heterocycles. The third-order valence-corrected chi connectivity index (χ3v) is 5.99. The second-order valence-electron chi connectivity index (χ2n) is 7.33. The zero-order valence-electron chi connectivity index (χ0n) is 12.9. The Labute approximate surface area is 130 Å². The van der Waals surface area contributed by atoms with Gasteiger partial charge in [0.15, 0.2) is 0 Å². The summed E-state index contributed by atoms with van der Waals surface area (Å²) in [4.78, 5) is 40.6. The van der Waals surface area contributed by atoms with Crippen LogP contribution in [0.15, 0.2) is 12.2 Å². The van der Waals surface area contributed by atoms with Crippen molar-refractivity contribution in [1.82, 2.24) is 9.80 Å². The summed E-state index contributed by atoms with van der Waals surface area (Å²) >= 11 is 0. The predicted molar refractivity (Wildman–Crippen MR) is 79.4 cm³/mol. The lowest BCUT2D eigenvalue weighted by atomic mass is 9.85. The second-order valence-corrected chi connectivity index (χ2v) is 7.33. The maximum atomic E-state index is 12.6. The number of piperidine rings is 1. The zero-order valence-corrected chi connectivity index (χ0v) is 12.9. The van der Waals surface area contributed by atoms with Crippen molar-refractivity contribution in [3.8, 4) is 0 Å². The quantitative estimate of drug-likeness (QED) is 0.566. The number of imide groups is 1. The summed E-state index contributed by atoms with van der Waals surface area (Å²) in [5.41, 5.74) is 0. The van der Waals surface area contributed by atoms with Gasteiger partial charge >= 0.3 is 0 Å². The Bertz CT molecular complexity index is 532. The molecule has 3 amide bonds. The normalized spacial score (nSPS) is 37.3. The minimum atomic E-state index is -0.198. The van der Waals surface area contributed by atoms with Crippen LogP contribution in [0.4, 0.5) is 0 Å². The van der Waals surface area contributed by atoms with Gasteiger partial charge in [-0.25, -0.2) is 0 Å². The smallest absolute Gasteiger partial charge is 0.242 e. The molecule has 0 unspecified atom stereocenters. The van der Waals surface area contributed by atoms with Gasteiger partial charge < -0.3 is 4.90 Å². The third-order valence-electron chi connectivity index (χ3n) is 5.99. The molecule has 0 aromatic carbocycles. The fourth-order valence-electron chi connectivity index (χ4n) is 4.61. The molecule has 4 atom stereocenters. The van der Waals surface area contributed by atoms with Crippen molar-refractivity contribution in [3.05, 3.63) is 12.2 Å². The lowest BCUT2D eigenvalue weighted by Crippen LogP contribution is -2.46. The van der Waals surface area contributed by atoms with E-state index < -0.39 is 0 Å². The summed E-state index contributed by atoms with van der Waals surface area (Å²) in [5, 5.41) is 0. The highest BCUT2D eigenvalue weighted by Crippen LogP contribution is 2.52. The summed E-state index contributed by atoms with van der Waals surface area (Å²) in [5.74, 6) is 0.364. The van der Waals surface area contributed by atoms with Gasteiger partial charge in [-0.15, -0.1) is 0 Å². The number of carbonyl (C=O) groups excluding carboxylic acids is 3. The Balaban J connectivity index is 1.45. The summed E-state index contributed by atoms with van der Waals surface area (Å²) in [7, 11) is 0. The number of nitrogens with zero attached hydrogens (tertiary/aromatic N) is 2. The molecule has 2 aliphatic carbocycles. The van der Waals surface area contributed by atoms with Gasteiger partial charge in [-0.2, -0.15) is 0 Å². The Morgan fingerprint density at radius 3 is 2.18 bits per heavy atom. The maximum absolute atomic E-state index is 12.6. The third kappa shape index (κ3) is 1.94. The molecular formula is C17H22N2O3. The number of carbonyl (C=O) groups is 3. The van der Waals surface area contributed by atoms with E-state index in [2.05, 4.69) is 19.1 Å². The van der Waals surface area contributed by atoms with Crippen LogP contribution >= 0.6 is 0 Å². The van der Waals surface area contributed by atoms with E-state index in [1.807, 2.05) is 4.90 Å². The topological polar surface area (TPSA) is 57.7 Å². The van der Waals surface area contributed by atoms with Crippen molar-refractivity contribution in [3.63, 3.8) is 0 Å². The van der Waals surface area contributed by atoms with Crippen molar-refractivity contribution >= 4 is 17.7 Å². The van der Waals surface area contributed by atoms with Crippen LogP contribution in [0.25, 0.3) is 0 Å². The van der Waals surface area contributed by atoms with E-state index in [4.69, 9.17) is 0 Å². The van der Waals surface area contributed by atoms with E-state index >= 15 is 0 Å². The van der Waals surface area contributed by atoms with Gasteiger partial charge in [-0.3, -0.25) is 19.3 Å². The van der Waals surface area contributed by atoms with Gasteiger partial charge in [0.25, 0.3) is 0 Å². The molecule has 4 rings (SSSR count). The average Bonchev–Trinajstić information content (AvgIpc) is 3.17. The summed E-state index contributed by atoms with van der Waals surface area (Å²) < 4.78 is 0. The van der Waals surface area contributed by atoms with Crippen LogP contribution in [-0.2, 0) is 14.4 Å². The molecule has 0 aromatic rings. The first-order valence-electron chi connectivity index (χ1n) is 8.37. The first-order chi connectivity index (χ1) is 10.6. The van der Waals surface area contributed by atoms with Gasteiger partial charge in [0.2, 0.25) is 17.7 Å². The SMILES string of the molecule is CC1CCN(C(=O)CN2C(=O)[C@H]3[C@H](C2=O)[C@H]2C=C[C@H]3C2)CC1. The molecule has 5 heteroatoms. The van der Waals surface area contributed by atoms with Crippen molar-refractivity contribution in [2.24, 2.45) is 29.6 Å².